The number of hydrogen-bond acceptors (Lipinski definition) is 3. The molecular weight excluding hydrogens is 348 g/mol. The molecule has 3 nitrogen and oxygen atoms in total. The second kappa shape index (κ2) is 6.58. The molecule has 14 heavy (non-hydrogen) atoms. The van der Waals surface area contributed by atoms with Crippen molar-refractivity contribution in [3.8, 4) is 0 Å². The van der Waals surface area contributed by atoms with Gasteiger partial charge < -0.3 is 15.0 Å². The van der Waals surface area contributed by atoms with Gasteiger partial charge in [-0.15, -0.1) is 0 Å². The molecule has 0 N–H and O–H groups in total. The number of aryl methyl sites for hydroxylation is 1. The molecule has 2 heterocycles. The van der Waals surface area contributed by atoms with Gasteiger partial charge in [-0.3, -0.25) is 0 Å². The molecule has 0 amide bonds. The van der Waals surface area contributed by atoms with Gasteiger partial charge in [0.2, 0.25) is 0 Å². The van der Waals surface area contributed by atoms with Crippen molar-refractivity contribution in [2.45, 2.75) is 20.8 Å². The predicted octanol–water partition coefficient (Wildman–Crippen LogP) is 2.16. The Hall–Kier alpha value is -0.848. The van der Waals surface area contributed by atoms with Crippen LogP contribution in [-0.4, -0.2) is 15.0 Å². The van der Waals surface area contributed by atoms with E-state index in [0.717, 1.165) is 11.1 Å². The topological polar surface area (TPSA) is 38.7 Å². The predicted molar refractivity (Wildman–Crippen MR) is 52.3 cm³/mol. The van der Waals surface area contributed by atoms with E-state index in [4.69, 9.17) is 0 Å². The molecule has 4 heteroatoms. The molecule has 2 aromatic heterocycles. The van der Waals surface area contributed by atoms with Crippen LogP contribution < -0.4 is 0 Å². The number of aromatic nitrogens is 3. The number of hydrogen-bond donors (Lipinski definition) is 0. The Balaban J connectivity index is 0.000000531. The second-order valence-corrected chi connectivity index (χ2v) is 2.28. The average molecular weight is 360 g/mol. The smallest absolute Gasteiger partial charge is 0.0481 e. The van der Waals surface area contributed by atoms with Gasteiger partial charge in [-0.1, -0.05) is 37.9 Å². The Labute approximate surface area is 97.7 Å². The third-order valence-electron chi connectivity index (χ3n) is 1.55. The van der Waals surface area contributed by atoms with Crippen LogP contribution in [0.25, 0.3) is 11.0 Å². The van der Waals surface area contributed by atoms with E-state index in [0.29, 0.717) is 5.65 Å². The Kier molecular flexibility index (Phi) is 6.18. The summed E-state index contributed by atoms with van der Waals surface area (Å²) < 4.78 is 0. The number of rotatable bonds is 0. The molecule has 0 aliphatic heterocycles. The Morgan fingerprint density at radius 1 is 1.21 bits per heavy atom. The number of pyridine rings is 1. The molecule has 0 saturated heterocycles. The zero-order valence-corrected chi connectivity index (χ0v) is 11.2. The average Bonchev–Trinajstić information content (AvgIpc) is 2.22. The van der Waals surface area contributed by atoms with E-state index in [1.54, 1.807) is 6.20 Å². The molecule has 1 radical (unpaired) electrons. The molecule has 2 aromatic rings. The van der Waals surface area contributed by atoms with Crippen LogP contribution in [0, 0.1) is 13.3 Å². The molecule has 0 bridgehead atoms. The SMILES string of the molecule is CC.Cc1n[c-]nc2ncccc12.[Re]. The summed E-state index contributed by atoms with van der Waals surface area (Å²) in [6.07, 6.45) is 4.25. The van der Waals surface area contributed by atoms with Gasteiger partial charge >= 0.3 is 0 Å². The van der Waals surface area contributed by atoms with Gasteiger partial charge in [-0.2, -0.15) is 0 Å². The molecule has 0 atom stereocenters. The molecule has 75 valence electrons. The molecule has 0 spiro atoms. The number of fused-ring (bicyclic) bond motifs is 1. The van der Waals surface area contributed by atoms with Crippen molar-refractivity contribution in [3.63, 3.8) is 0 Å². The van der Waals surface area contributed by atoms with Crippen molar-refractivity contribution < 1.29 is 20.4 Å². The minimum atomic E-state index is 0. The van der Waals surface area contributed by atoms with Gasteiger partial charge in [-0.05, 0) is 6.07 Å². The van der Waals surface area contributed by atoms with Gasteiger partial charge in [0, 0.05) is 38.6 Å². The van der Waals surface area contributed by atoms with E-state index < -0.39 is 0 Å². The van der Waals surface area contributed by atoms with Gasteiger partial charge in [0.1, 0.15) is 0 Å². The molecule has 0 saturated carbocycles. The van der Waals surface area contributed by atoms with E-state index in [2.05, 4.69) is 21.3 Å². The first-order valence-corrected chi connectivity index (χ1v) is 4.33. The second-order valence-electron chi connectivity index (χ2n) is 2.28. The Bertz CT molecular complexity index is 385. The molecule has 2 rings (SSSR count). The van der Waals surface area contributed by atoms with Crippen LogP contribution in [0.4, 0.5) is 0 Å². The Morgan fingerprint density at radius 2 is 1.93 bits per heavy atom. The molecule has 0 aliphatic rings. The van der Waals surface area contributed by atoms with Gasteiger partial charge in [0.05, 0.1) is 0 Å². The fraction of sp³-hybridized carbons (Fsp3) is 0.300. The maximum atomic E-state index is 4.06. The third-order valence-corrected chi connectivity index (χ3v) is 1.55. The minimum Gasteiger partial charge on any atom is -0.370 e. The standard InChI is InChI=1S/C8H6N3.C2H6.Re/c1-6-7-3-2-4-9-8(7)11-5-10-6;1-2;/h2-4H,1H3;1-2H3;/q-1;;. The monoisotopic (exact) mass is 361 g/mol. The molecule has 0 unspecified atom stereocenters. The summed E-state index contributed by atoms with van der Waals surface area (Å²) in [6, 6.07) is 3.82. The van der Waals surface area contributed by atoms with Crippen LogP contribution in [0.5, 0.6) is 0 Å². The summed E-state index contributed by atoms with van der Waals surface area (Å²) >= 11 is 0. The van der Waals surface area contributed by atoms with Crippen LogP contribution in [-0.2, 0) is 20.4 Å². The van der Waals surface area contributed by atoms with Crippen LogP contribution in [0.3, 0.4) is 0 Å². The van der Waals surface area contributed by atoms with Crippen LogP contribution in [0.2, 0.25) is 0 Å². The Morgan fingerprint density at radius 3 is 2.57 bits per heavy atom. The molecular formula is C10H12N3Re-. The van der Waals surface area contributed by atoms with Crippen molar-refractivity contribution in [2.24, 2.45) is 0 Å². The molecule has 0 aliphatic carbocycles. The quantitative estimate of drug-likeness (QED) is 0.676. The first-order valence-electron chi connectivity index (χ1n) is 4.33. The minimum absolute atomic E-state index is 0. The van der Waals surface area contributed by atoms with Gasteiger partial charge in [-0.25, -0.2) is 0 Å². The summed E-state index contributed by atoms with van der Waals surface area (Å²) in [5, 5.41) is 0.992. The van der Waals surface area contributed by atoms with E-state index in [1.165, 1.54) is 0 Å². The van der Waals surface area contributed by atoms with Crippen LogP contribution >= 0.6 is 0 Å². The van der Waals surface area contributed by atoms with Gasteiger partial charge in [0.25, 0.3) is 0 Å². The first-order chi connectivity index (χ1) is 6.38. The zero-order chi connectivity index (χ0) is 9.68. The third kappa shape index (κ3) is 2.83. The fourth-order valence-corrected chi connectivity index (χ4v) is 0.976. The van der Waals surface area contributed by atoms with Crippen molar-refractivity contribution in [3.05, 3.63) is 30.4 Å². The summed E-state index contributed by atoms with van der Waals surface area (Å²) in [6.45, 7) is 5.92. The van der Waals surface area contributed by atoms with Gasteiger partial charge in [0.15, 0.2) is 0 Å². The molecule has 0 aromatic carbocycles. The first kappa shape index (κ1) is 13.2. The number of nitrogens with zero attached hydrogens (tertiary/aromatic N) is 3. The maximum absolute atomic E-state index is 4.06. The molecule has 0 fully saturated rings. The largest absolute Gasteiger partial charge is 0.370 e. The van der Waals surface area contributed by atoms with E-state index in [1.807, 2.05) is 32.9 Å². The summed E-state index contributed by atoms with van der Waals surface area (Å²) in [5.41, 5.74) is 1.63. The van der Waals surface area contributed by atoms with E-state index >= 15 is 0 Å². The zero-order valence-electron chi connectivity index (χ0n) is 8.45. The van der Waals surface area contributed by atoms with Crippen molar-refractivity contribution in [1.29, 1.82) is 0 Å². The normalized spacial score (nSPS) is 8.50. The summed E-state index contributed by atoms with van der Waals surface area (Å²) in [7, 11) is 0. The summed E-state index contributed by atoms with van der Waals surface area (Å²) in [5.74, 6) is 0. The van der Waals surface area contributed by atoms with E-state index in [-0.39, 0.29) is 20.4 Å². The van der Waals surface area contributed by atoms with E-state index in [9.17, 15) is 0 Å². The van der Waals surface area contributed by atoms with Crippen LogP contribution in [0.1, 0.15) is 19.5 Å². The van der Waals surface area contributed by atoms with Crippen LogP contribution in [0.15, 0.2) is 18.3 Å². The maximum Gasteiger partial charge on any atom is 0.0481 e. The van der Waals surface area contributed by atoms with Crippen molar-refractivity contribution in [1.82, 2.24) is 15.0 Å². The van der Waals surface area contributed by atoms with Crippen molar-refractivity contribution in [2.75, 3.05) is 0 Å². The summed E-state index contributed by atoms with van der Waals surface area (Å²) in [4.78, 5) is 11.9. The fourth-order valence-electron chi connectivity index (χ4n) is 0.976. The van der Waals surface area contributed by atoms with Crippen molar-refractivity contribution >= 4 is 11.0 Å².